The van der Waals surface area contributed by atoms with Gasteiger partial charge in [0.2, 0.25) is 5.91 Å². The van der Waals surface area contributed by atoms with E-state index in [-0.39, 0.29) is 0 Å². The molecule has 1 aromatic carbocycles. The van der Waals surface area contributed by atoms with Gasteiger partial charge in [-0.2, -0.15) is 26.3 Å². The predicted molar refractivity (Wildman–Crippen MR) is 60.3 cm³/mol. The Hall–Kier alpha value is -1.93. The first-order valence-electron chi connectivity index (χ1n) is 5.72. The number of rotatable bonds is 4. The lowest BCUT2D eigenvalue weighted by molar-refractivity contribution is -0.365. The number of nitrogens with one attached hydrogen (secondary N) is 1. The number of halogens is 6. The molecule has 1 amide bonds. The maximum absolute atomic E-state index is 13.0. The van der Waals surface area contributed by atoms with Gasteiger partial charge in [0.1, 0.15) is 5.75 Å². The van der Waals surface area contributed by atoms with Crippen molar-refractivity contribution in [1.82, 2.24) is 5.32 Å². The number of hydrogen-bond donors (Lipinski definition) is 1. The topological polar surface area (TPSA) is 38.3 Å². The fourth-order valence-corrected chi connectivity index (χ4v) is 1.39. The van der Waals surface area contributed by atoms with Crippen molar-refractivity contribution >= 4 is 5.91 Å². The van der Waals surface area contributed by atoms with E-state index in [1.54, 1.807) is 0 Å². The van der Waals surface area contributed by atoms with Crippen molar-refractivity contribution in [1.29, 1.82) is 0 Å². The van der Waals surface area contributed by atoms with Crippen LogP contribution in [0, 0.1) is 0 Å². The van der Waals surface area contributed by atoms with Crippen molar-refractivity contribution < 1.29 is 35.9 Å². The second kappa shape index (κ2) is 5.82. The van der Waals surface area contributed by atoms with E-state index in [9.17, 15) is 31.1 Å². The van der Waals surface area contributed by atoms with Gasteiger partial charge in [0.15, 0.2) is 0 Å². The molecule has 0 radical (unpaired) electrons. The second-order valence-electron chi connectivity index (χ2n) is 3.99. The molecule has 0 aliphatic carbocycles. The Bertz CT molecular complexity index is 469. The van der Waals surface area contributed by atoms with Crippen LogP contribution in [-0.4, -0.2) is 24.0 Å². The monoisotopic (exact) mass is 315 g/mol. The van der Waals surface area contributed by atoms with Gasteiger partial charge in [-0.15, -0.1) is 0 Å². The third-order valence-electron chi connectivity index (χ3n) is 2.45. The van der Waals surface area contributed by atoms with Crippen LogP contribution < -0.4 is 10.1 Å². The number of hydrogen-bond acceptors (Lipinski definition) is 2. The lowest BCUT2D eigenvalue weighted by atomic mass is 10.1. The van der Waals surface area contributed by atoms with Crippen LogP contribution in [0.4, 0.5) is 26.3 Å². The van der Waals surface area contributed by atoms with Crippen molar-refractivity contribution in [2.75, 3.05) is 0 Å². The van der Waals surface area contributed by atoms with E-state index in [4.69, 9.17) is 0 Å². The minimum atomic E-state index is -5.90. The van der Waals surface area contributed by atoms with Gasteiger partial charge in [0, 0.05) is 6.42 Å². The van der Waals surface area contributed by atoms with Crippen LogP contribution in [0.1, 0.15) is 13.3 Å². The summed E-state index contributed by atoms with van der Waals surface area (Å²) in [5.41, 5.74) is -4.80. The summed E-state index contributed by atoms with van der Waals surface area (Å²) in [5.74, 6) is -2.12. The SMILES string of the molecule is CCC(=O)NC(Oc1ccccc1)(C(F)(F)F)C(F)(F)F. The summed E-state index contributed by atoms with van der Waals surface area (Å²) in [6.45, 7) is 1.12. The van der Waals surface area contributed by atoms with Crippen LogP contribution in [0.2, 0.25) is 0 Å². The zero-order valence-electron chi connectivity index (χ0n) is 10.7. The number of para-hydroxylation sites is 1. The standard InChI is InChI=1S/C12H11F6NO2/c1-2-9(20)19-10(11(13,14)15,12(16,17)18)21-8-6-4-3-5-7-8/h3-7H,2H2,1H3,(H,19,20). The van der Waals surface area contributed by atoms with E-state index in [2.05, 4.69) is 4.74 Å². The van der Waals surface area contributed by atoms with E-state index >= 15 is 0 Å². The molecular weight excluding hydrogens is 304 g/mol. The average Bonchev–Trinajstić information content (AvgIpc) is 2.36. The summed E-state index contributed by atoms with van der Waals surface area (Å²) in [4.78, 5) is 11.1. The zero-order chi connectivity index (χ0) is 16.3. The molecular formula is C12H11F6NO2. The van der Waals surface area contributed by atoms with Crippen molar-refractivity contribution in [3.63, 3.8) is 0 Å². The van der Waals surface area contributed by atoms with Crippen LogP contribution >= 0.6 is 0 Å². The summed E-state index contributed by atoms with van der Waals surface area (Å²) < 4.78 is 82.1. The lowest BCUT2D eigenvalue weighted by Gasteiger charge is -2.37. The minimum Gasteiger partial charge on any atom is -0.451 e. The molecule has 0 aliphatic rings. The highest BCUT2D eigenvalue weighted by Crippen LogP contribution is 2.44. The number of amides is 1. The van der Waals surface area contributed by atoms with Crippen molar-refractivity contribution in [3.8, 4) is 5.75 Å². The number of alkyl halides is 6. The van der Waals surface area contributed by atoms with Gasteiger partial charge in [-0.1, -0.05) is 25.1 Å². The van der Waals surface area contributed by atoms with Gasteiger partial charge in [-0.3, -0.25) is 4.79 Å². The Kier molecular flexibility index (Phi) is 4.75. The molecule has 1 rings (SSSR count). The van der Waals surface area contributed by atoms with Crippen LogP contribution in [0.5, 0.6) is 5.75 Å². The highest BCUT2D eigenvalue weighted by atomic mass is 19.4. The summed E-state index contributed by atoms with van der Waals surface area (Å²) in [7, 11) is 0. The summed E-state index contributed by atoms with van der Waals surface area (Å²) in [6.07, 6.45) is -12.4. The van der Waals surface area contributed by atoms with Gasteiger partial charge in [-0.25, -0.2) is 0 Å². The Morgan fingerprint density at radius 1 is 1.05 bits per heavy atom. The predicted octanol–water partition coefficient (Wildman–Crippen LogP) is 3.41. The molecule has 0 unspecified atom stereocenters. The molecule has 0 heterocycles. The summed E-state index contributed by atoms with van der Waals surface area (Å²) in [6, 6.07) is 5.64. The van der Waals surface area contributed by atoms with Crippen LogP contribution in [0.15, 0.2) is 30.3 Å². The third kappa shape index (κ3) is 3.59. The summed E-state index contributed by atoms with van der Waals surface area (Å²) >= 11 is 0. The van der Waals surface area contributed by atoms with E-state index in [1.165, 1.54) is 18.2 Å². The molecule has 1 aromatic rings. The first kappa shape index (κ1) is 17.1. The molecule has 118 valence electrons. The Labute approximate surface area is 115 Å². The van der Waals surface area contributed by atoms with Gasteiger partial charge in [0.25, 0.3) is 0 Å². The Morgan fingerprint density at radius 2 is 1.52 bits per heavy atom. The molecule has 21 heavy (non-hydrogen) atoms. The van der Waals surface area contributed by atoms with E-state index < -0.39 is 36.2 Å². The van der Waals surface area contributed by atoms with Gasteiger partial charge in [0.05, 0.1) is 0 Å². The maximum Gasteiger partial charge on any atom is 0.458 e. The normalized spacial score (nSPS) is 12.9. The second-order valence-corrected chi connectivity index (χ2v) is 3.99. The molecule has 9 heteroatoms. The highest BCUT2D eigenvalue weighted by molar-refractivity contribution is 5.76. The maximum atomic E-state index is 13.0. The van der Waals surface area contributed by atoms with Crippen molar-refractivity contribution in [2.45, 2.75) is 31.4 Å². The van der Waals surface area contributed by atoms with E-state index in [0.717, 1.165) is 24.4 Å². The Morgan fingerprint density at radius 3 is 1.90 bits per heavy atom. The quantitative estimate of drug-likeness (QED) is 0.683. The number of carbonyl (C=O) groups is 1. The fraction of sp³-hybridized carbons (Fsp3) is 0.417. The molecule has 0 saturated heterocycles. The number of ether oxygens (including phenoxy) is 1. The molecule has 0 aromatic heterocycles. The molecule has 0 aliphatic heterocycles. The first-order valence-corrected chi connectivity index (χ1v) is 5.72. The Balaban J connectivity index is 3.34. The molecule has 0 atom stereocenters. The molecule has 1 N–H and O–H groups in total. The minimum absolute atomic E-state index is 0.563. The average molecular weight is 315 g/mol. The van der Waals surface area contributed by atoms with E-state index in [0.29, 0.717) is 0 Å². The van der Waals surface area contributed by atoms with Crippen molar-refractivity contribution in [3.05, 3.63) is 30.3 Å². The highest BCUT2D eigenvalue weighted by Gasteiger charge is 2.75. The van der Waals surface area contributed by atoms with Gasteiger partial charge >= 0.3 is 18.1 Å². The molecule has 0 spiro atoms. The zero-order valence-corrected chi connectivity index (χ0v) is 10.7. The molecule has 0 bridgehead atoms. The van der Waals surface area contributed by atoms with Gasteiger partial charge < -0.3 is 10.1 Å². The number of benzene rings is 1. The third-order valence-corrected chi connectivity index (χ3v) is 2.45. The van der Waals surface area contributed by atoms with Crippen molar-refractivity contribution in [2.24, 2.45) is 0 Å². The fourth-order valence-electron chi connectivity index (χ4n) is 1.39. The molecule has 0 saturated carbocycles. The largest absolute Gasteiger partial charge is 0.458 e. The number of carbonyl (C=O) groups excluding carboxylic acids is 1. The van der Waals surface area contributed by atoms with Gasteiger partial charge in [-0.05, 0) is 12.1 Å². The lowest BCUT2D eigenvalue weighted by Crippen LogP contribution is -2.71. The summed E-state index contributed by atoms with van der Waals surface area (Å²) in [5, 5.41) is 0.897. The first-order chi connectivity index (χ1) is 9.53. The molecule has 3 nitrogen and oxygen atoms in total. The smallest absolute Gasteiger partial charge is 0.451 e. The van der Waals surface area contributed by atoms with Crippen LogP contribution in [0.3, 0.4) is 0 Å². The van der Waals surface area contributed by atoms with Crippen LogP contribution in [-0.2, 0) is 4.79 Å². The van der Waals surface area contributed by atoms with Crippen LogP contribution in [0.25, 0.3) is 0 Å². The van der Waals surface area contributed by atoms with E-state index in [1.807, 2.05) is 0 Å². The molecule has 0 fully saturated rings.